The van der Waals surface area contributed by atoms with Crippen LogP contribution < -0.4 is 5.32 Å². The number of aryl methyl sites for hydroxylation is 1. The summed E-state index contributed by atoms with van der Waals surface area (Å²) in [6.07, 6.45) is 4.11. The minimum atomic E-state index is -3.24. The molecule has 2 aromatic carbocycles. The van der Waals surface area contributed by atoms with Crippen LogP contribution in [-0.2, 0) is 9.84 Å². The highest BCUT2D eigenvalue weighted by Crippen LogP contribution is 2.12. The highest BCUT2D eigenvalue weighted by molar-refractivity contribution is 7.90. The van der Waals surface area contributed by atoms with Gasteiger partial charge in [0.15, 0.2) is 15.6 Å². The molecule has 0 aliphatic rings. The van der Waals surface area contributed by atoms with Gasteiger partial charge in [0.25, 0.3) is 0 Å². The maximum atomic E-state index is 12.0. The lowest BCUT2D eigenvalue weighted by Crippen LogP contribution is -2.00. The van der Waals surface area contributed by atoms with E-state index in [2.05, 4.69) is 5.32 Å². The van der Waals surface area contributed by atoms with Gasteiger partial charge in [-0.15, -0.1) is 0 Å². The molecular weight excluding hydrogens is 298 g/mol. The van der Waals surface area contributed by atoms with Crippen LogP contribution in [0.5, 0.6) is 0 Å². The third-order valence-corrected chi connectivity index (χ3v) is 4.23. The fourth-order valence-electron chi connectivity index (χ4n) is 1.83. The Labute approximate surface area is 130 Å². The molecule has 0 unspecified atom stereocenters. The van der Waals surface area contributed by atoms with Gasteiger partial charge in [-0.3, -0.25) is 4.79 Å². The van der Waals surface area contributed by atoms with Gasteiger partial charge >= 0.3 is 0 Å². The molecule has 0 amide bonds. The van der Waals surface area contributed by atoms with E-state index in [1.54, 1.807) is 6.20 Å². The first-order valence-electron chi connectivity index (χ1n) is 6.70. The van der Waals surface area contributed by atoms with E-state index in [0.717, 1.165) is 17.5 Å². The molecule has 114 valence electrons. The molecule has 1 N–H and O–H groups in total. The number of benzene rings is 2. The van der Waals surface area contributed by atoms with Gasteiger partial charge in [-0.1, -0.05) is 17.7 Å². The molecule has 4 nitrogen and oxygen atoms in total. The smallest absolute Gasteiger partial charge is 0.187 e. The maximum Gasteiger partial charge on any atom is 0.187 e. The first kappa shape index (κ1) is 16.0. The van der Waals surface area contributed by atoms with Gasteiger partial charge in [0, 0.05) is 29.8 Å². The Hall–Kier alpha value is -2.40. The molecule has 2 rings (SSSR count). The SMILES string of the molecule is Cc1ccc(N/C=C/C(=O)c2ccc(S(C)(=O)=O)cc2)cc1. The average Bonchev–Trinajstić information content (AvgIpc) is 2.48. The molecule has 0 aliphatic heterocycles. The van der Waals surface area contributed by atoms with E-state index in [1.165, 1.54) is 30.3 Å². The van der Waals surface area contributed by atoms with E-state index >= 15 is 0 Å². The van der Waals surface area contributed by atoms with Crippen LogP contribution in [0.15, 0.2) is 65.7 Å². The molecule has 0 saturated heterocycles. The predicted molar refractivity (Wildman–Crippen MR) is 87.8 cm³/mol. The summed E-state index contributed by atoms with van der Waals surface area (Å²) in [6, 6.07) is 13.7. The molecule has 0 saturated carbocycles. The minimum absolute atomic E-state index is 0.195. The molecular formula is C17H17NO3S. The van der Waals surface area contributed by atoms with Crippen LogP contribution in [0.3, 0.4) is 0 Å². The van der Waals surface area contributed by atoms with Crippen molar-refractivity contribution >= 4 is 21.3 Å². The summed E-state index contributed by atoms with van der Waals surface area (Å²) < 4.78 is 22.7. The molecule has 0 atom stereocenters. The maximum absolute atomic E-state index is 12.0. The van der Waals surface area contributed by atoms with Crippen LogP contribution in [0.1, 0.15) is 15.9 Å². The number of hydrogen-bond donors (Lipinski definition) is 1. The Morgan fingerprint density at radius 3 is 2.14 bits per heavy atom. The van der Waals surface area contributed by atoms with Crippen LogP contribution in [0.25, 0.3) is 0 Å². The largest absolute Gasteiger partial charge is 0.362 e. The summed E-state index contributed by atoms with van der Waals surface area (Å²) in [4.78, 5) is 12.2. The first-order valence-corrected chi connectivity index (χ1v) is 8.59. The molecule has 5 heteroatoms. The molecule has 0 spiro atoms. The molecule has 2 aromatic rings. The molecule has 0 heterocycles. The van der Waals surface area contributed by atoms with Gasteiger partial charge in [-0.05, 0) is 43.3 Å². The number of nitrogens with one attached hydrogen (secondary N) is 1. The molecule has 0 bridgehead atoms. The number of sulfone groups is 1. The lowest BCUT2D eigenvalue weighted by atomic mass is 10.1. The number of anilines is 1. The Balaban J connectivity index is 2.02. The van der Waals surface area contributed by atoms with Crippen LogP contribution in [0.4, 0.5) is 5.69 Å². The fourth-order valence-corrected chi connectivity index (χ4v) is 2.46. The van der Waals surface area contributed by atoms with E-state index in [9.17, 15) is 13.2 Å². The number of rotatable bonds is 5. The monoisotopic (exact) mass is 315 g/mol. The van der Waals surface area contributed by atoms with Crippen molar-refractivity contribution in [2.24, 2.45) is 0 Å². The van der Waals surface area contributed by atoms with Crippen LogP contribution in [0, 0.1) is 6.92 Å². The average molecular weight is 315 g/mol. The number of ketones is 1. The zero-order valence-electron chi connectivity index (χ0n) is 12.4. The predicted octanol–water partition coefficient (Wildman–Crippen LogP) is 3.21. The highest BCUT2D eigenvalue weighted by atomic mass is 32.2. The van der Waals surface area contributed by atoms with E-state index in [4.69, 9.17) is 0 Å². The van der Waals surface area contributed by atoms with E-state index in [-0.39, 0.29) is 10.7 Å². The summed E-state index contributed by atoms with van der Waals surface area (Å²) in [5, 5.41) is 3.01. The van der Waals surface area contributed by atoms with Gasteiger partial charge in [0.05, 0.1) is 4.90 Å². The van der Waals surface area contributed by atoms with E-state index < -0.39 is 9.84 Å². The summed E-state index contributed by atoms with van der Waals surface area (Å²) in [5.41, 5.74) is 2.49. The van der Waals surface area contributed by atoms with Crippen molar-refractivity contribution in [2.75, 3.05) is 11.6 Å². The second-order valence-corrected chi connectivity index (χ2v) is 7.02. The topological polar surface area (TPSA) is 63.2 Å². The third kappa shape index (κ3) is 4.30. The second-order valence-electron chi connectivity index (χ2n) is 5.00. The normalized spacial score (nSPS) is 11.5. The number of hydrogen-bond acceptors (Lipinski definition) is 4. The third-order valence-electron chi connectivity index (χ3n) is 3.10. The number of carbonyl (C=O) groups is 1. The van der Waals surface area contributed by atoms with Gasteiger partial charge in [-0.25, -0.2) is 8.42 Å². The zero-order valence-corrected chi connectivity index (χ0v) is 13.2. The van der Waals surface area contributed by atoms with Gasteiger partial charge in [-0.2, -0.15) is 0 Å². The Morgan fingerprint density at radius 2 is 1.59 bits per heavy atom. The second kappa shape index (κ2) is 6.58. The summed E-state index contributed by atoms with van der Waals surface area (Å²) in [7, 11) is -3.24. The van der Waals surface area contributed by atoms with E-state index in [0.29, 0.717) is 5.56 Å². The van der Waals surface area contributed by atoms with Crippen molar-refractivity contribution in [2.45, 2.75) is 11.8 Å². The van der Waals surface area contributed by atoms with Gasteiger partial charge in [0.1, 0.15) is 0 Å². The lowest BCUT2D eigenvalue weighted by molar-refractivity contribution is 0.104. The van der Waals surface area contributed by atoms with Crippen molar-refractivity contribution in [3.05, 3.63) is 71.9 Å². The van der Waals surface area contributed by atoms with Crippen molar-refractivity contribution in [3.8, 4) is 0 Å². The van der Waals surface area contributed by atoms with Crippen molar-refractivity contribution < 1.29 is 13.2 Å². The standard InChI is InChI=1S/C17H17NO3S/c1-13-3-7-15(8-4-13)18-12-11-17(19)14-5-9-16(10-6-14)22(2,20)21/h3-12,18H,1-2H3/b12-11+. The highest BCUT2D eigenvalue weighted by Gasteiger charge is 2.08. The lowest BCUT2D eigenvalue weighted by Gasteiger charge is -2.01. The molecule has 0 aliphatic carbocycles. The van der Waals surface area contributed by atoms with Crippen molar-refractivity contribution in [1.82, 2.24) is 0 Å². The quantitative estimate of drug-likeness (QED) is 0.680. The van der Waals surface area contributed by atoms with E-state index in [1.807, 2.05) is 31.2 Å². The molecule has 0 aromatic heterocycles. The zero-order chi connectivity index (χ0) is 16.2. The molecule has 0 fully saturated rings. The van der Waals surface area contributed by atoms with Gasteiger partial charge in [0.2, 0.25) is 0 Å². The van der Waals surface area contributed by atoms with Crippen LogP contribution in [-0.4, -0.2) is 20.5 Å². The Morgan fingerprint density at radius 1 is 1.00 bits per heavy atom. The van der Waals surface area contributed by atoms with Crippen LogP contribution in [0.2, 0.25) is 0 Å². The number of carbonyl (C=O) groups excluding carboxylic acids is 1. The molecule has 22 heavy (non-hydrogen) atoms. The minimum Gasteiger partial charge on any atom is -0.362 e. The van der Waals surface area contributed by atoms with Gasteiger partial charge < -0.3 is 5.32 Å². The van der Waals surface area contributed by atoms with Crippen molar-refractivity contribution in [1.29, 1.82) is 0 Å². The summed E-state index contributed by atoms with van der Waals surface area (Å²) in [5.74, 6) is -0.195. The first-order chi connectivity index (χ1) is 10.4. The molecule has 0 radical (unpaired) electrons. The number of allylic oxidation sites excluding steroid dienone is 1. The fraction of sp³-hybridized carbons (Fsp3) is 0.118. The van der Waals surface area contributed by atoms with Crippen molar-refractivity contribution in [3.63, 3.8) is 0 Å². The van der Waals surface area contributed by atoms with Crippen LogP contribution >= 0.6 is 0 Å². The Bertz CT molecular complexity index is 789. The Kier molecular flexibility index (Phi) is 4.78. The summed E-state index contributed by atoms with van der Waals surface area (Å²) in [6.45, 7) is 2.00. The summed E-state index contributed by atoms with van der Waals surface area (Å²) >= 11 is 0.